The Bertz CT molecular complexity index is 283. The van der Waals surface area contributed by atoms with E-state index in [2.05, 4.69) is 29.6 Å². The molecule has 1 aromatic rings. The summed E-state index contributed by atoms with van der Waals surface area (Å²) in [5.74, 6) is 1.33. The highest BCUT2D eigenvalue weighted by Gasteiger charge is 2.37. The monoisotopic (exact) mass is 175 g/mol. The molecule has 0 spiro atoms. The number of nitrogens with one attached hydrogen (secondary N) is 1. The summed E-state index contributed by atoms with van der Waals surface area (Å²) >= 11 is 0. The van der Waals surface area contributed by atoms with Crippen molar-refractivity contribution in [1.29, 1.82) is 0 Å². The first kappa shape index (κ1) is 8.30. The van der Waals surface area contributed by atoms with Crippen molar-refractivity contribution in [2.24, 2.45) is 5.92 Å². The first-order valence-electron chi connectivity index (χ1n) is 4.64. The van der Waals surface area contributed by atoms with Crippen molar-refractivity contribution >= 4 is 6.41 Å². The van der Waals surface area contributed by atoms with Gasteiger partial charge in [0.05, 0.1) is 0 Å². The van der Waals surface area contributed by atoms with Gasteiger partial charge in [-0.05, 0) is 23.8 Å². The van der Waals surface area contributed by atoms with Crippen LogP contribution >= 0.6 is 0 Å². The van der Waals surface area contributed by atoms with Crippen LogP contribution in [0.5, 0.6) is 0 Å². The van der Waals surface area contributed by atoms with E-state index < -0.39 is 0 Å². The number of hydrogen-bond donors (Lipinski definition) is 1. The van der Waals surface area contributed by atoms with Crippen LogP contribution < -0.4 is 5.32 Å². The van der Waals surface area contributed by atoms with Gasteiger partial charge in [-0.3, -0.25) is 4.79 Å². The maximum Gasteiger partial charge on any atom is 0.207 e. The van der Waals surface area contributed by atoms with Gasteiger partial charge in [0.1, 0.15) is 0 Å². The molecule has 1 aromatic carbocycles. The van der Waals surface area contributed by atoms with Crippen molar-refractivity contribution in [3.63, 3.8) is 0 Å². The van der Waals surface area contributed by atoms with Crippen molar-refractivity contribution in [2.75, 3.05) is 6.54 Å². The average molecular weight is 175 g/mol. The largest absolute Gasteiger partial charge is 0.358 e. The van der Waals surface area contributed by atoms with Crippen LogP contribution in [0, 0.1) is 5.92 Å². The number of hydrogen-bond acceptors (Lipinski definition) is 1. The Kier molecular flexibility index (Phi) is 2.30. The average Bonchev–Trinajstić information content (AvgIpc) is 2.95. The van der Waals surface area contributed by atoms with E-state index in [-0.39, 0.29) is 0 Å². The van der Waals surface area contributed by atoms with Gasteiger partial charge in [-0.1, -0.05) is 30.3 Å². The molecule has 1 saturated carbocycles. The Morgan fingerprint density at radius 3 is 2.85 bits per heavy atom. The second kappa shape index (κ2) is 3.60. The minimum atomic E-state index is 0.660. The van der Waals surface area contributed by atoms with Crippen LogP contribution in [0.4, 0.5) is 0 Å². The first-order valence-corrected chi connectivity index (χ1v) is 4.64. The van der Waals surface area contributed by atoms with Gasteiger partial charge in [-0.2, -0.15) is 0 Å². The van der Waals surface area contributed by atoms with Crippen LogP contribution in [0.2, 0.25) is 0 Å². The Balaban J connectivity index is 1.89. The highest BCUT2D eigenvalue weighted by atomic mass is 16.1. The van der Waals surface area contributed by atoms with Crippen molar-refractivity contribution in [3.05, 3.63) is 35.9 Å². The van der Waals surface area contributed by atoms with Crippen LogP contribution in [-0.4, -0.2) is 13.0 Å². The van der Waals surface area contributed by atoms with Crippen LogP contribution in [0.1, 0.15) is 17.9 Å². The summed E-state index contributed by atoms with van der Waals surface area (Å²) in [4.78, 5) is 10.1. The minimum Gasteiger partial charge on any atom is -0.358 e. The molecule has 1 amide bonds. The molecule has 0 radical (unpaired) electrons. The van der Waals surface area contributed by atoms with E-state index in [0.29, 0.717) is 11.8 Å². The number of amides is 1. The van der Waals surface area contributed by atoms with Gasteiger partial charge in [-0.25, -0.2) is 0 Å². The summed E-state index contributed by atoms with van der Waals surface area (Å²) in [6.07, 6.45) is 1.99. The van der Waals surface area contributed by atoms with Gasteiger partial charge in [0.15, 0.2) is 0 Å². The third kappa shape index (κ3) is 1.89. The molecule has 0 aliphatic heterocycles. The smallest absolute Gasteiger partial charge is 0.207 e. The summed E-state index contributed by atoms with van der Waals surface area (Å²) in [5.41, 5.74) is 1.40. The molecule has 2 heteroatoms. The standard InChI is InChI=1S/C11H13NO/c13-8-12-7-10-6-11(10)9-4-2-1-3-5-9/h1-5,8,10-11H,6-7H2,(H,12,13)/t10-,11-/m1/s1. The van der Waals surface area contributed by atoms with Gasteiger partial charge in [-0.15, -0.1) is 0 Å². The predicted molar refractivity (Wildman–Crippen MR) is 51.4 cm³/mol. The molecular formula is C11H13NO. The second-order valence-corrected chi connectivity index (χ2v) is 3.54. The molecule has 68 valence electrons. The van der Waals surface area contributed by atoms with Crippen molar-refractivity contribution in [3.8, 4) is 0 Å². The normalized spacial score (nSPS) is 25.2. The molecule has 2 nitrogen and oxygen atoms in total. The molecule has 0 saturated heterocycles. The fraction of sp³-hybridized carbons (Fsp3) is 0.364. The van der Waals surface area contributed by atoms with Gasteiger partial charge in [0, 0.05) is 6.54 Å². The Hall–Kier alpha value is -1.31. The van der Waals surface area contributed by atoms with Gasteiger partial charge < -0.3 is 5.32 Å². The maximum atomic E-state index is 10.1. The molecule has 1 fully saturated rings. The molecule has 13 heavy (non-hydrogen) atoms. The molecule has 0 heterocycles. The minimum absolute atomic E-state index is 0.660. The molecule has 2 rings (SSSR count). The van der Waals surface area contributed by atoms with Crippen molar-refractivity contribution < 1.29 is 4.79 Å². The van der Waals surface area contributed by atoms with Crippen molar-refractivity contribution in [2.45, 2.75) is 12.3 Å². The Labute approximate surface area is 78.0 Å². The van der Waals surface area contributed by atoms with Crippen LogP contribution in [-0.2, 0) is 4.79 Å². The molecule has 0 unspecified atom stereocenters. The lowest BCUT2D eigenvalue weighted by molar-refractivity contribution is -0.109. The number of carbonyl (C=O) groups excluding carboxylic acids is 1. The van der Waals surface area contributed by atoms with E-state index in [1.807, 2.05) is 6.07 Å². The van der Waals surface area contributed by atoms with Crippen LogP contribution in [0.15, 0.2) is 30.3 Å². The fourth-order valence-corrected chi connectivity index (χ4v) is 1.78. The van der Waals surface area contributed by atoms with Gasteiger partial charge in [0.2, 0.25) is 6.41 Å². The summed E-state index contributed by atoms with van der Waals surface area (Å²) in [5, 5.41) is 2.73. The molecule has 1 N–H and O–H groups in total. The topological polar surface area (TPSA) is 29.1 Å². The lowest BCUT2D eigenvalue weighted by atomic mass is 10.1. The SMILES string of the molecule is O=CNC[C@H]1C[C@@H]1c1ccccc1. The highest BCUT2D eigenvalue weighted by molar-refractivity contribution is 5.46. The summed E-state index contributed by atoms with van der Waals surface area (Å²) < 4.78 is 0. The lowest BCUT2D eigenvalue weighted by Crippen LogP contribution is -2.14. The summed E-state index contributed by atoms with van der Waals surface area (Å²) in [6.45, 7) is 0.822. The summed E-state index contributed by atoms with van der Waals surface area (Å²) in [7, 11) is 0. The quantitative estimate of drug-likeness (QED) is 0.691. The third-order valence-corrected chi connectivity index (χ3v) is 2.61. The molecular weight excluding hydrogens is 162 g/mol. The van der Waals surface area contributed by atoms with Gasteiger partial charge >= 0.3 is 0 Å². The summed E-state index contributed by atoms with van der Waals surface area (Å²) in [6, 6.07) is 10.5. The van der Waals surface area contributed by atoms with E-state index in [1.54, 1.807) is 0 Å². The van der Waals surface area contributed by atoms with E-state index in [9.17, 15) is 4.79 Å². The van der Waals surface area contributed by atoms with Crippen molar-refractivity contribution in [1.82, 2.24) is 5.32 Å². The molecule has 1 aliphatic rings. The first-order chi connectivity index (χ1) is 6.42. The highest BCUT2D eigenvalue weighted by Crippen LogP contribution is 2.46. The second-order valence-electron chi connectivity index (χ2n) is 3.54. The lowest BCUT2D eigenvalue weighted by Gasteiger charge is -1.98. The van der Waals surface area contributed by atoms with Crippen LogP contribution in [0.25, 0.3) is 0 Å². The van der Waals surface area contributed by atoms with E-state index in [4.69, 9.17) is 0 Å². The Morgan fingerprint density at radius 2 is 2.15 bits per heavy atom. The van der Waals surface area contributed by atoms with E-state index in [0.717, 1.165) is 13.0 Å². The fourth-order valence-electron chi connectivity index (χ4n) is 1.78. The van der Waals surface area contributed by atoms with E-state index >= 15 is 0 Å². The zero-order chi connectivity index (χ0) is 9.10. The Morgan fingerprint density at radius 1 is 1.38 bits per heavy atom. The third-order valence-electron chi connectivity index (χ3n) is 2.61. The zero-order valence-corrected chi connectivity index (χ0v) is 7.44. The molecule has 0 bridgehead atoms. The molecule has 2 atom stereocenters. The number of carbonyl (C=O) groups is 1. The molecule has 1 aliphatic carbocycles. The number of benzene rings is 1. The maximum absolute atomic E-state index is 10.1. The van der Waals surface area contributed by atoms with E-state index in [1.165, 1.54) is 12.0 Å². The van der Waals surface area contributed by atoms with Gasteiger partial charge in [0.25, 0.3) is 0 Å². The molecule has 0 aromatic heterocycles. The van der Waals surface area contributed by atoms with Crippen LogP contribution in [0.3, 0.4) is 0 Å². The number of rotatable bonds is 4. The zero-order valence-electron chi connectivity index (χ0n) is 7.44. The predicted octanol–water partition coefficient (Wildman–Crippen LogP) is 1.54.